The fourth-order valence-corrected chi connectivity index (χ4v) is 3.89. The van der Waals surface area contributed by atoms with Crippen molar-refractivity contribution in [2.24, 2.45) is 0 Å². The highest BCUT2D eigenvalue weighted by Crippen LogP contribution is 2.17. The molecule has 1 aromatic rings. The Bertz CT molecular complexity index is 499. The van der Waals surface area contributed by atoms with Gasteiger partial charge < -0.3 is 15.1 Å². The summed E-state index contributed by atoms with van der Waals surface area (Å²) in [4.78, 5) is 20.9. The SMILES string of the molecule is O=C(CC1CSCCN1)N1CCN(c2ccc(Cl)cn2)CC1. The first-order chi connectivity index (χ1) is 10.7. The predicted octanol–water partition coefficient (Wildman–Crippen LogP) is 1.48. The Labute approximate surface area is 140 Å². The minimum Gasteiger partial charge on any atom is -0.353 e. The Balaban J connectivity index is 1.48. The number of amides is 1. The van der Waals surface area contributed by atoms with Crippen molar-refractivity contribution < 1.29 is 4.79 Å². The standard InChI is InChI=1S/C15H21ClN4OS/c16-12-1-2-14(18-10-12)19-4-6-20(7-5-19)15(21)9-13-11-22-8-3-17-13/h1-2,10,13,17H,3-9,11H2. The van der Waals surface area contributed by atoms with Gasteiger partial charge in [0.25, 0.3) is 0 Å². The maximum absolute atomic E-state index is 12.4. The summed E-state index contributed by atoms with van der Waals surface area (Å²) in [5, 5.41) is 4.08. The topological polar surface area (TPSA) is 48.5 Å². The average Bonchev–Trinajstić information content (AvgIpc) is 2.57. The number of anilines is 1. The summed E-state index contributed by atoms with van der Waals surface area (Å²) in [5.41, 5.74) is 0. The highest BCUT2D eigenvalue weighted by Gasteiger charge is 2.24. The van der Waals surface area contributed by atoms with Crippen LogP contribution in [0.4, 0.5) is 5.82 Å². The van der Waals surface area contributed by atoms with E-state index in [4.69, 9.17) is 11.6 Å². The van der Waals surface area contributed by atoms with Crippen molar-refractivity contribution in [2.45, 2.75) is 12.5 Å². The summed E-state index contributed by atoms with van der Waals surface area (Å²) in [6.45, 7) is 4.20. The second-order valence-corrected chi connectivity index (χ2v) is 7.22. The van der Waals surface area contributed by atoms with Crippen LogP contribution in [0, 0.1) is 0 Å². The van der Waals surface area contributed by atoms with E-state index in [9.17, 15) is 4.79 Å². The van der Waals surface area contributed by atoms with Crippen LogP contribution in [-0.4, -0.2) is 66.1 Å². The van der Waals surface area contributed by atoms with Crippen molar-refractivity contribution in [3.63, 3.8) is 0 Å². The lowest BCUT2D eigenvalue weighted by Gasteiger charge is -2.36. The van der Waals surface area contributed by atoms with Gasteiger partial charge in [-0.25, -0.2) is 4.98 Å². The van der Waals surface area contributed by atoms with Crippen molar-refractivity contribution in [2.75, 3.05) is 49.1 Å². The van der Waals surface area contributed by atoms with E-state index in [0.717, 1.165) is 50.0 Å². The van der Waals surface area contributed by atoms with Crippen LogP contribution >= 0.6 is 23.4 Å². The van der Waals surface area contributed by atoms with Gasteiger partial charge in [-0.2, -0.15) is 11.8 Å². The van der Waals surface area contributed by atoms with E-state index in [1.807, 2.05) is 28.8 Å². The van der Waals surface area contributed by atoms with Crippen molar-refractivity contribution >= 4 is 35.1 Å². The Morgan fingerprint density at radius 2 is 2.18 bits per heavy atom. The van der Waals surface area contributed by atoms with Gasteiger partial charge in [0.1, 0.15) is 5.82 Å². The summed E-state index contributed by atoms with van der Waals surface area (Å²) < 4.78 is 0. The summed E-state index contributed by atoms with van der Waals surface area (Å²) in [5.74, 6) is 3.39. The molecule has 3 rings (SSSR count). The van der Waals surface area contributed by atoms with Crippen LogP contribution in [0.3, 0.4) is 0 Å². The quantitative estimate of drug-likeness (QED) is 0.903. The van der Waals surface area contributed by atoms with E-state index in [1.165, 1.54) is 0 Å². The van der Waals surface area contributed by atoms with Gasteiger partial charge in [0, 0.05) is 62.9 Å². The molecule has 0 saturated carbocycles. The van der Waals surface area contributed by atoms with Gasteiger partial charge >= 0.3 is 0 Å². The van der Waals surface area contributed by atoms with Gasteiger partial charge in [-0.1, -0.05) is 11.6 Å². The van der Waals surface area contributed by atoms with E-state index in [0.29, 0.717) is 17.5 Å². The molecule has 2 fully saturated rings. The van der Waals surface area contributed by atoms with Crippen LogP contribution in [0.1, 0.15) is 6.42 Å². The number of hydrogen-bond acceptors (Lipinski definition) is 5. The molecule has 0 bridgehead atoms. The third kappa shape index (κ3) is 4.06. The number of hydrogen-bond donors (Lipinski definition) is 1. The van der Waals surface area contributed by atoms with Crippen LogP contribution in [-0.2, 0) is 4.79 Å². The molecule has 0 aromatic carbocycles. The maximum atomic E-state index is 12.4. The molecule has 2 aliphatic heterocycles. The van der Waals surface area contributed by atoms with Gasteiger partial charge in [0.15, 0.2) is 0 Å². The molecule has 5 nitrogen and oxygen atoms in total. The van der Waals surface area contributed by atoms with Gasteiger partial charge in [-0.05, 0) is 12.1 Å². The van der Waals surface area contributed by atoms with Crippen LogP contribution in [0.5, 0.6) is 0 Å². The molecule has 2 aliphatic rings. The molecule has 0 radical (unpaired) electrons. The molecular weight excluding hydrogens is 320 g/mol. The fraction of sp³-hybridized carbons (Fsp3) is 0.600. The highest BCUT2D eigenvalue weighted by molar-refractivity contribution is 7.99. The van der Waals surface area contributed by atoms with Gasteiger partial charge in [0.2, 0.25) is 5.91 Å². The summed E-state index contributed by atoms with van der Waals surface area (Å²) in [6.07, 6.45) is 2.28. The zero-order chi connectivity index (χ0) is 15.4. The number of nitrogens with one attached hydrogen (secondary N) is 1. The van der Waals surface area contributed by atoms with Gasteiger partial charge in [-0.15, -0.1) is 0 Å². The first-order valence-corrected chi connectivity index (χ1v) is 9.21. The van der Waals surface area contributed by atoms with Crippen LogP contribution < -0.4 is 10.2 Å². The van der Waals surface area contributed by atoms with E-state index in [-0.39, 0.29) is 5.91 Å². The molecule has 1 aromatic heterocycles. The molecule has 1 unspecified atom stereocenters. The number of halogens is 1. The van der Waals surface area contributed by atoms with Crippen LogP contribution in [0.25, 0.3) is 0 Å². The molecule has 22 heavy (non-hydrogen) atoms. The molecule has 1 amide bonds. The lowest BCUT2D eigenvalue weighted by atomic mass is 10.2. The van der Waals surface area contributed by atoms with E-state index >= 15 is 0 Å². The Hall–Kier alpha value is -0.980. The first kappa shape index (κ1) is 15.9. The van der Waals surface area contributed by atoms with E-state index in [1.54, 1.807) is 6.20 Å². The minimum atomic E-state index is 0.267. The third-order valence-corrected chi connectivity index (χ3v) is 5.44. The van der Waals surface area contributed by atoms with Gasteiger partial charge in [-0.3, -0.25) is 4.79 Å². The molecule has 1 atom stereocenters. The monoisotopic (exact) mass is 340 g/mol. The normalized spacial score (nSPS) is 22.7. The lowest BCUT2D eigenvalue weighted by Crippen LogP contribution is -2.51. The first-order valence-electron chi connectivity index (χ1n) is 7.68. The number of thioether (sulfide) groups is 1. The van der Waals surface area contributed by atoms with Crippen molar-refractivity contribution in [1.29, 1.82) is 0 Å². The highest BCUT2D eigenvalue weighted by atomic mass is 35.5. The summed E-state index contributed by atoms with van der Waals surface area (Å²) in [6, 6.07) is 4.12. The summed E-state index contributed by atoms with van der Waals surface area (Å²) in [7, 11) is 0. The Morgan fingerprint density at radius 1 is 1.36 bits per heavy atom. The van der Waals surface area contributed by atoms with Crippen molar-refractivity contribution in [1.82, 2.24) is 15.2 Å². The summed E-state index contributed by atoms with van der Waals surface area (Å²) >= 11 is 7.80. The Kier molecular flexibility index (Phi) is 5.44. The lowest BCUT2D eigenvalue weighted by molar-refractivity contribution is -0.131. The van der Waals surface area contributed by atoms with E-state index < -0.39 is 0 Å². The van der Waals surface area contributed by atoms with Crippen LogP contribution in [0.15, 0.2) is 18.3 Å². The second-order valence-electron chi connectivity index (χ2n) is 5.63. The van der Waals surface area contributed by atoms with Gasteiger partial charge in [0.05, 0.1) is 5.02 Å². The van der Waals surface area contributed by atoms with Crippen molar-refractivity contribution in [3.8, 4) is 0 Å². The largest absolute Gasteiger partial charge is 0.353 e. The predicted molar refractivity (Wildman–Crippen MR) is 91.8 cm³/mol. The molecule has 0 spiro atoms. The molecule has 2 saturated heterocycles. The number of carbonyl (C=O) groups is 1. The Morgan fingerprint density at radius 3 is 2.82 bits per heavy atom. The maximum Gasteiger partial charge on any atom is 0.224 e. The number of rotatable bonds is 3. The number of pyridine rings is 1. The molecule has 0 aliphatic carbocycles. The molecular formula is C15H21ClN4OS. The molecule has 1 N–H and O–H groups in total. The number of carbonyl (C=O) groups excluding carboxylic acids is 1. The minimum absolute atomic E-state index is 0.267. The number of piperazine rings is 1. The smallest absolute Gasteiger partial charge is 0.224 e. The molecule has 7 heteroatoms. The zero-order valence-electron chi connectivity index (χ0n) is 12.5. The fourth-order valence-electron chi connectivity index (χ4n) is 2.83. The van der Waals surface area contributed by atoms with E-state index in [2.05, 4.69) is 15.2 Å². The molecule has 3 heterocycles. The van der Waals surface area contributed by atoms with Crippen LogP contribution in [0.2, 0.25) is 5.02 Å². The van der Waals surface area contributed by atoms with Crippen molar-refractivity contribution in [3.05, 3.63) is 23.4 Å². The number of nitrogens with zero attached hydrogens (tertiary/aromatic N) is 3. The average molecular weight is 341 g/mol. The third-order valence-electron chi connectivity index (χ3n) is 4.09. The zero-order valence-corrected chi connectivity index (χ0v) is 14.1. The number of aromatic nitrogens is 1. The second kappa shape index (κ2) is 7.53. The molecule has 120 valence electrons.